The first-order valence-corrected chi connectivity index (χ1v) is 7.18. The molecule has 3 rings (SSSR count). The molecule has 0 spiro atoms. The van der Waals surface area contributed by atoms with E-state index in [2.05, 4.69) is 10.6 Å². The molecule has 1 fully saturated rings. The summed E-state index contributed by atoms with van der Waals surface area (Å²) in [5.74, 6) is 1.44. The van der Waals surface area contributed by atoms with Gasteiger partial charge in [-0.05, 0) is 38.4 Å². The number of carbonyl (C=O) groups is 1. The predicted octanol–water partition coefficient (Wildman–Crippen LogP) is 2.36. The summed E-state index contributed by atoms with van der Waals surface area (Å²) in [7, 11) is 0. The first-order chi connectivity index (χ1) is 9.74. The molecule has 106 valence electrons. The van der Waals surface area contributed by atoms with E-state index in [0.717, 1.165) is 41.8 Å². The normalized spacial score (nSPS) is 18.6. The van der Waals surface area contributed by atoms with Crippen molar-refractivity contribution in [2.24, 2.45) is 5.92 Å². The first-order valence-electron chi connectivity index (χ1n) is 7.18. The zero-order valence-electron chi connectivity index (χ0n) is 11.7. The van der Waals surface area contributed by atoms with Gasteiger partial charge in [-0.3, -0.25) is 4.79 Å². The van der Waals surface area contributed by atoms with Crippen LogP contribution in [-0.4, -0.2) is 19.0 Å². The zero-order chi connectivity index (χ0) is 13.9. The van der Waals surface area contributed by atoms with Crippen molar-refractivity contribution in [3.63, 3.8) is 0 Å². The van der Waals surface area contributed by atoms with Crippen molar-refractivity contribution in [3.8, 4) is 0 Å². The Kier molecular flexibility index (Phi) is 3.74. The highest BCUT2D eigenvalue weighted by molar-refractivity contribution is 5.82. The van der Waals surface area contributed by atoms with Crippen LogP contribution in [0.1, 0.15) is 24.2 Å². The number of carbonyl (C=O) groups excluding carboxylic acids is 1. The summed E-state index contributed by atoms with van der Waals surface area (Å²) in [4.78, 5) is 11.9. The molecular weight excluding hydrogens is 252 g/mol. The Balaban J connectivity index is 1.61. The van der Waals surface area contributed by atoms with Gasteiger partial charge in [0.2, 0.25) is 5.91 Å². The highest BCUT2D eigenvalue weighted by atomic mass is 16.3. The molecule has 1 atom stereocenters. The van der Waals surface area contributed by atoms with Gasteiger partial charge in [-0.2, -0.15) is 0 Å². The first kappa shape index (κ1) is 13.2. The van der Waals surface area contributed by atoms with Gasteiger partial charge in [-0.25, -0.2) is 0 Å². The van der Waals surface area contributed by atoms with Gasteiger partial charge < -0.3 is 15.1 Å². The molecule has 1 aliphatic heterocycles. The number of furan rings is 1. The lowest BCUT2D eigenvalue weighted by molar-refractivity contribution is -0.122. The molecule has 0 bridgehead atoms. The molecule has 1 amide bonds. The Labute approximate surface area is 118 Å². The summed E-state index contributed by atoms with van der Waals surface area (Å²) in [6, 6.07) is 7.96. The van der Waals surface area contributed by atoms with Crippen LogP contribution >= 0.6 is 0 Å². The van der Waals surface area contributed by atoms with Gasteiger partial charge in [0, 0.05) is 17.4 Å². The van der Waals surface area contributed by atoms with Crippen LogP contribution < -0.4 is 10.6 Å². The van der Waals surface area contributed by atoms with Gasteiger partial charge in [0.25, 0.3) is 0 Å². The van der Waals surface area contributed by atoms with Crippen LogP contribution in [0.2, 0.25) is 0 Å². The summed E-state index contributed by atoms with van der Waals surface area (Å²) in [6.45, 7) is 4.49. The van der Waals surface area contributed by atoms with E-state index in [0.29, 0.717) is 18.9 Å². The van der Waals surface area contributed by atoms with Crippen LogP contribution in [0.3, 0.4) is 0 Å². The van der Waals surface area contributed by atoms with Crippen LogP contribution in [0.4, 0.5) is 0 Å². The molecule has 1 aliphatic rings. The van der Waals surface area contributed by atoms with Crippen molar-refractivity contribution < 1.29 is 9.21 Å². The molecule has 1 aromatic carbocycles. The lowest BCUT2D eigenvalue weighted by Crippen LogP contribution is -2.25. The maximum absolute atomic E-state index is 11.9. The number of benzene rings is 1. The van der Waals surface area contributed by atoms with Crippen LogP contribution in [0.15, 0.2) is 28.7 Å². The lowest BCUT2D eigenvalue weighted by Gasteiger charge is -2.08. The molecule has 0 unspecified atom stereocenters. The monoisotopic (exact) mass is 272 g/mol. The van der Waals surface area contributed by atoms with Gasteiger partial charge in [0.1, 0.15) is 11.3 Å². The summed E-state index contributed by atoms with van der Waals surface area (Å²) in [5.41, 5.74) is 2.00. The topological polar surface area (TPSA) is 54.3 Å². The molecule has 0 saturated carbocycles. The van der Waals surface area contributed by atoms with Crippen molar-refractivity contribution in [1.82, 2.24) is 10.6 Å². The smallest absolute Gasteiger partial charge is 0.220 e. The Hall–Kier alpha value is -1.81. The maximum Gasteiger partial charge on any atom is 0.220 e. The third-order valence-electron chi connectivity index (χ3n) is 4.03. The van der Waals surface area contributed by atoms with Gasteiger partial charge in [0.05, 0.1) is 6.54 Å². The van der Waals surface area contributed by atoms with Crippen molar-refractivity contribution in [1.29, 1.82) is 0 Å². The molecule has 1 saturated heterocycles. The van der Waals surface area contributed by atoms with E-state index in [-0.39, 0.29) is 5.91 Å². The third-order valence-corrected chi connectivity index (χ3v) is 4.03. The lowest BCUT2D eigenvalue weighted by atomic mass is 10.0. The Morgan fingerprint density at radius 2 is 2.30 bits per heavy atom. The van der Waals surface area contributed by atoms with Gasteiger partial charge in [-0.1, -0.05) is 18.2 Å². The second kappa shape index (κ2) is 5.67. The van der Waals surface area contributed by atoms with E-state index in [1.165, 1.54) is 0 Å². The Morgan fingerprint density at radius 3 is 3.05 bits per heavy atom. The van der Waals surface area contributed by atoms with E-state index >= 15 is 0 Å². The van der Waals surface area contributed by atoms with Gasteiger partial charge in [-0.15, -0.1) is 0 Å². The number of amides is 1. The predicted molar refractivity (Wildman–Crippen MR) is 78.4 cm³/mol. The minimum Gasteiger partial charge on any atom is -0.459 e. The third kappa shape index (κ3) is 2.70. The standard InChI is InChI=1S/C16H20N2O2/c1-11-13-4-2-3-5-14(13)20-15(11)10-18-16(19)8-12-6-7-17-9-12/h2-5,12,17H,6-10H2,1H3,(H,18,19)/t12-/m1/s1. The molecule has 4 heteroatoms. The fourth-order valence-electron chi connectivity index (χ4n) is 2.80. The number of hydrogen-bond acceptors (Lipinski definition) is 3. The summed E-state index contributed by atoms with van der Waals surface area (Å²) >= 11 is 0. The maximum atomic E-state index is 11.9. The van der Waals surface area contributed by atoms with E-state index < -0.39 is 0 Å². The molecule has 0 radical (unpaired) electrons. The fourth-order valence-corrected chi connectivity index (χ4v) is 2.80. The van der Waals surface area contributed by atoms with Crippen LogP contribution in [0.25, 0.3) is 11.0 Å². The van der Waals surface area contributed by atoms with Crippen LogP contribution in [0, 0.1) is 12.8 Å². The van der Waals surface area contributed by atoms with Crippen molar-refractivity contribution >= 4 is 16.9 Å². The highest BCUT2D eigenvalue weighted by Crippen LogP contribution is 2.24. The Morgan fingerprint density at radius 1 is 1.45 bits per heavy atom. The van der Waals surface area contributed by atoms with E-state index in [4.69, 9.17) is 4.42 Å². The average molecular weight is 272 g/mol. The van der Waals surface area contributed by atoms with Crippen molar-refractivity contribution in [2.75, 3.05) is 13.1 Å². The summed E-state index contributed by atoms with van der Waals surface area (Å²) in [5, 5.41) is 7.37. The SMILES string of the molecule is Cc1c(CNC(=O)C[C@H]2CCNC2)oc2ccccc12. The number of nitrogens with one attached hydrogen (secondary N) is 2. The number of hydrogen-bond donors (Lipinski definition) is 2. The van der Waals surface area contributed by atoms with Crippen LogP contribution in [0.5, 0.6) is 0 Å². The molecule has 2 heterocycles. The zero-order valence-corrected chi connectivity index (χ0v) is 11.7. The van der Waals surface area contributed by atoms with Crippen molar-refractivity contribution in [2.45, 2.75) is 26.3 Å². The van der Waals surface area contributed by atoms with Gasteiger partial charge in [0.15, 0.2) is 0 Å². The second-order valence-electron chi connectivity index (χ2n) is 5.49. The molecule has 1 aromatic heterocycles. The molecular formula is C16H20N2O2. The number of aryl methyl sites for hydroxylation is 1. The molecule has 4 nitrogen and oxygen atoms in total. The van der Waals surface area contributed by atoms with Gasteiger partial charge >= 0.3 is 0 Å². The fraction of sp³-hybridized carbons (Fsp3) is 0.438. The quantitative estimate of drug-likeness (QED) is 0.898. The summed E-state index contributed by atoms with van der Waals surface area (Å²) < 4.78 is 5.79. The molecule has 0 aliphatic carbocycles. The van der Waals surface area contributed by atoms with Crippen LogP contribution in [-0.2, 0) is 11.3 Å². The Bertz CT molecular complexity index is 612. The molecule has 20 heavy (non-hydrogen) atoms. The minimum atomic E-state index is 0.110. The highest BCUT2D eigenvalue weighted by Gasteiger charge is 2.18. The average Bonchev–Trinajstić information content (AvgIpc) is 3.06. The number of rotatable bonds is 4. The van der Waals surface area contributed by atoms with E-state index in [1.54, 1.807) is 0 Å². The number of fused-ring (bicyclic) bond motifs is 1. The molecule has 2 aromatic rings. The molecule has 2 N–H and O–H groups in total. The van der Waals surface area contributed by atoms with E-state index in [9.17, 15) is 4.79 Å². The van der Waals surface area contributed by atoms with E-state index in [1.807, 2.05) is 31.2 Å². The summed E-state index contributed by atoms with van der Waals surface area (Å²) in [6.07, 6.45) is 1.70. The second-order valence-corrected chi connectivity index (χ2v) is 5.49. The largest absolute Gasteiger partial charge is 0.459 e. The van der Waals surface area contributed by atoms with Crippen molar-refractivity contribution in [3.05, 3.63) is 35.6 Å². The number of para-hydroxylation sites is 1. The minimum absolute atomic E-state index is 0.110.